The van der Waals surface area contributed by atoms with Crippen LogP contribution in [0.2, 0.25) is 0 Å². The van der Waals surface area contributed by atoms with E-state index in [9.17, 15) is 9.59 Å². The summed E-state index contributed by atoms with van der Waals surface area (Å²) in [6, 6.07) is 7.98. The Morgan fingerprint density at radius 1 is 0.760 bits per heavy atom. The first-order chi connectivity index (χ1) is 12.1. The van der Waals surface area contributed by atoms with E-state index in [2.05, 4.69) is 30.9 Å². The number of carbonyl (C=O) groups excluding carboxylic acids is 2. The van der Waals surface area contributed by atoms with Crippen molar-refractivity contribution in [3.05, 3.63) is 35.4 Å². The van der Waals surface area contributed by atoms with E-state index in [4.69, 9.17) is 0 Å². The number of amides is 2. The van der Waals surface area contributed by atoms with E-state index in [0.29, 0.717) is 0 Å². The molecule has 3 aliphatic rings. The maximum Gasteiger partial charge on any atom is 0.238 e. The highest BCUT2D eigenvalue weighted by atomic mass is 16.2. The molecule has 0 radical (unpaired) electrons. The van der Waals surface area contributed by atoms with Gasteiger partial charge in [-0.15, -0.1) is 0 Å². The highest BCUT2D eigenvalue weighted by molar-refractivity contribution is 6.22. The Kier molecular flexibility index (Phi) is 4.14. The first kappa shape index (κ1) is 16.4. The van der Waals surface area contributed by atoms with Crippen molar-refractivity contribution in [2.75, 3.05) is 22.9 Å². The summed E-state index contributed by atoms with van der Waals surface area (Å²) in [5.41, 5.74) is 4.45. The van der Waals surface area contributed by atoms with E-state index in [1.807, 2.05) is 12.1 Å². The van der Waals surface area contributed by atoms with E-state index in [1.54, 1.807) is 0 Å². The van der Waals surface area contributed by atoms with E-state index in [1.165, 1.54) is 41.0 Å². The van der Waals surface area contributed by atoms with Crippen molar-refractivity contribution in [1.82, 2.24) is 0 Å². The zero-order valence-electron chi connectivity index (χ0n) is 15.1. The maximum atomic E-state index is 12.9. The Labute approximate surface area is 149 Å². The summed E-state index contributed by atoms with van der Waals surface area (Å²) in [6.45, 7) is 6.35. The second kappa shape index (κ2) is 6.32. The minimum atomic E-state index is -0.169. The zero-order chi connectivity index (χ0) is 17.6. The van der Waals surface area contributed by atoms with Gasteiger partial charge in [0.05, 0.1) is 17.5 Å². The molecule has 0 bridgehead atoms. The van der Waals surface area contributed by atoms with Crippen molar-refractivity contribution in [3.8, 4) is 0 Å². The topological polar surface area (TPSA) is 40.6 Å². The van der Waals surface area contributed by atoms with Gasteiger partial charge in [0.15, 0.2) is 0 Å². The van der Waals surface area contributed by atoms with Gasteiger partial charge in [-0.1, -0.05) is 11.1 Å². The number of allylic oxidation sites excluding steroid dienone is 2. The normalized spacial score (nSPS) is 27.1. The van der Waals surface area contributed by atoms with Crippen LogP contribution in [0.5, 0.6) is 0 Å². The first-order valence-corrected chi connectivity index (χ1v) is 9.44. The Balaban J connectivity index is 1.56. The highest BCUT2D eigenvalue weighted by Crippen LogP contribution is 2.42. The van der Waals surface area contributed by atoms with Gasteiger partial charge < -0.3 is 4.90 Å². The zero-order valence-corrected chi connectivity index (χ0v) is 15.1. The molecule has 0 spiro atoms. The molecule has 1 aromatic rings. The first-order valence-electron chi connectivity index (χ1n) is 9.44. The summed E-state index contributed by atoms with van der Waals surface area (Å²) in [7, 11) is 0. The molecule has 2 fully saturated rings. The maximum absolute atomic E-state index is 12.9. The summed E-state index contributed by atoms with van der Waals surface area (Å²) in [5.74, 6) is -0.379. The molecule has 4 rings (SSSR count). The lowest BCUT2D eigenvalue weighted by atomic mass is 9.78. The summed E-state index contributed by atoms with van der Waals surface area (Å²) >= 11 is 0. The van der Waals surface area contributed by atoms with E-state index >= 15 is 0 Å². The monoisotopic (exact) mass is 338 g/mol. The number of carbonyl (C=O) groups is 2. The average molecular weight is 338 g/mol. The molecule has 4 heteroatoms. The third-order valence-electron chi connectivity index (χ3n) is 6.17. The van der Waals surface area contributed by atoms with Crippen LogP contribution < -0.4 is 9.80 Å². The van der Waals surface area contributed by atoms with E-state index in [-0.39, 0.29) is 23.7 Å². The minimum Gasteiger partial charge on any atom is -0.372 e. The van der Waals surface area contributed by atoms with Crippen molar-refractivity contribution in [1.29, 1.82) is 0 Å². The van der Waals surface area contributed by atoms with Gasteiger partial charge in [-0.2, -0.15) is 0 Å². The van der Waals surface area contributed by atoms with Crippen molar-refractivity contribution in [2.45, 2.75) is 46.0 Å². The smallest absolute Gasteiger partial charge is 0.238 e. The third kappa shape index (κ3) is 2.78. The molecule has 2 saturated heterocycles. The number of nitrogens with zero attached hydrogens (tertiary/aromatic N) is 2. The molecule has 1 aliphatic carbocycles. The van der Waals surface area contributed by atoms with Crippen molar-refractivity contribution in [3.63, 3.8) is 0 Å². The second-order valence-electron chi connectivity index (χ2n) is 7.76. The van der Waals surface area contributed by atoms with Crippen LogP contribution in [-0.2, 0) is 9.59 Å². The Bertz CT molecular complexity index is 697. The summed E-state index contributed by atoms with van der Waals surface area (Å²) < 4.78 is 0. The van der Waals surface area contributed by atoms with Gasteiger partial charge >= 0.3 is 0 Å². The van der Waals surface area contributed by atoms with Crippen LogP contribution in [-0.4, -0.2) is 24.9 Å². The number of fused-ring (bicyclic) bond motifs is 1. The summed E-state index contributed by atoms with van der Waals surface area (Å²) in [6.07, 6.45) is 5.23. The molecule has 2 amide bonds. The molecular weight excluding hydrogens is 312 g/mol. The van der Waals surface area contributed by atoms with Gasteiger partial charge in [-0.05, 0) is 70.2 Å². The third-order valence-corrected chi connectivity index (χ3v) is 6.17. The van der Waals surface area contributed by atoms with Crippen molar-refractivity contribution in [2.24, 2.45) is 11.8 Å². The SMILES string of the molecule is CC1=C(C)CC2C(=O)N(c3ccc(N4CCCCC4)cc3)C(=O)C2C1. The molecule has 132 valence electrons. The van der Waals surface area contributed by atoms with Gasteiger partial charge in [0.2, 0.25) is 11.8 Å². The van der Waals surface area contributed by atoms with Gasteiger partial charge in [0.25, 0.3) is 0 Å². The quantitative estimate of drug-likeness (QED) is 0.606. The number of anilines is 2. The lowest BCUT2D eigenvalue weighted by Crippen LogP contribution is -2.31. The number of hydrogen-bond acceptors (Lipinski definition) is 3. The molecule has 1 aromatic carbocycles. The van der Waals surface area contributed by atoms with Gasteiger partial charge in [-0.3, -0.25) is 14.5 Å². The molecule has 0 N–H and O–H groups in total. The molecule has 2 atom stereocenters. The largest absolute Gasteiger partial charge is 0.372 e. The molecule has 2 unspecified atom stereocenters. The predicted octanol–water partition coefficient (Wildman–Crippen LogP) is 3.91. The van der Waals surface area contributed by atoms with Crippen molar-refractivity contribution >= 4 is 23.2 Å². The van der Waals surface area contributed by atoms with Crippen LogP contribution in [0.4, 0.5) is 11.4 Å². The molecule has 2 aliphatic heterocycles. The Morgan fingerprint density at radius 3 is 1.76 bits per heavy atom. The van der Waals surface area contributed by atoms with Crippen LogP contribution in [0.15, 0.2) is 35.4 Å². The van der Waals surface area contributed by atoms with Gasteiger partial charge in [0, 0.05) is 18.8 Å². The number of hydrogen-bond donors (Lipinski definition) is 0. The molecule has 25 heavy (non-hydrogen) atoms. The number of rotatable bonds is 2. The number of benzene rings is 1. The minimum absolute atomic E-state index is 0.0208. The molecule has 2 heterocycles. The Hall–Kier alpha value is -2.10. The van der Waals surface area contributed by atoms with Crippen LogP contribution in [0.3, 0.4) is 0 Å². The van der Waals surface area contributed by atoms with Crippen LogP contribution >= 0.6 is 0 Å². The van der Waals surface area contributed by atoms with E-state index in [0.717, 1.165) is 31.6 Å². The second-order valence-corrected chi connectivity index (χ2v) is 7.76. The van der Waals surface area contributed by atoms with Gasteiger partial charge in [0.1, 0.15) is 0 Å². The van der Waals surface area contributed by atoms with Crippen LogP contribution in [0.1, 0.15) is 46.0 Å². The number of piperidine rings is 1. The Morgan fingerprint density at radius 2 is 1.24 bits per heavy atom. The molecule has 0 saturated carbocycles. The predicted molar refractivity (Wildman–Crippen MR) is 99.6 cm³/mol. The molecule has 4 nitrogen and oxygen atoms in total. The fourth-order valence-corrected chi connectivity index (χ4v) is 4.47. The lowest BCUT2D eigenvalue weighted by Gasteiger charge is -2.29. The summed E-state index contributed by atoms with van der Waals surface area (Å²) in [4.78, 5) is 29.5. The average Bonchev–Trinajstić information content (AvgIpc) is 2.87. The van der Waals surface area contributed by atoms with Crippen molar-refractivity contribution < 1.29 is 9.59 Å². The molecular formula is C21H26N2O2. The van der Waals surface area contributed by atoms with Gasteiger partial charge in [-0.25, -0.2) is 0 Å². The summed E-state index contributed by atoms with van der Waals surface area (Å²) in [5, 5.41) is 0. The highest BCUT2D eigenvalue weighted by Gasteiger charge is 2.49. The fourth-order valence-electron chi connectivity index (χ4n) is 4.47. The van der Waals surface area contributed by atoms with Crippen LogP contribution in [0, 0.1) is 11.8 Å². The molecule has 0 aromatic heterocycles. The standard InChI is InChI=1S/C21H26N2O2/c1-14-12-18-19(13-15(14)2)21(25)23(20(18)24)17-8-6-16(7-9-17)22-10-4-3-5-11-22/h6-9,18-19H,3-5,10-13H2,1-2H3. The fraction of sp³-hybridized carbons (Fsp3) is 0.524. The number of imide groups is 1. The van der Waals surface area contributed by atoms with E-state index < -0.39 is 0 Å². The lowest BCUT2D eigenvalue weighted by molar-refractivity contribution is -0.122. The van der Waals surface area contributed by atoms with Crippen LogP contribution in [0.25, 0.3) is 0 Å².